The van der Waals surface area contributed by atoms with Gasteiger partial charge >= 0.3 is 0 Å². The summed E-state index contributed by atoms with van der Waals surface area (Å²) in [6, 6.07) is 0.619. The lowest BCUT2D eigenvalue weighted by Crippen LogP contribution is -2.41. The zero-order valence-corrected chi connectivity index (χ0v) is 17.0. The van der Waals surface area contributed by atoms with Crippen molar-refractivity contribution in [1.82, 2.24) is 16.1 Å². The van der Waals surface area contributed by atoms with Crippen molar-refractivity contribution in [3.8, 4) is 0 Å². The maximum atomic E-state index is 12.3. The minimum atomic E-state index is 0.0820. The van der Waals surface area contributed by atoms with E-state index in [4.69, 9.17) is 16.4 Å². The van der Waals surface area contributed by atoms with Crippen LogP contribution in [-0.2, 0) is 9.63 Å². The van der Waals surface area contributed by atoms with Crippen molar-refractivity contribution < 1.29 is 9.63 Å². The first kappa shape index (κ1) is 19.7. The highest BCUT2D eigenvalue weighted by Gasteiger charge is 2.40. The molecule has 25 heavy (non-hydrogen) atoms. The van der Waals surface area contributed by atoms with Crippen LogP contribution in [-0.4, -0.2) is 46.6 Å². The van der Waals surface area contributed by atoms with E-state index in [1.165, 1.54) is 19.3 Å². The summed E-state index contributed by atoms with van der Waals surface area (Å²) in [4.78, 5) is 17.8. The Bertz CT molecular complexity index is 460. The van der Waals surface area contributed by atoms with Gasteiger partial charge in [0, 0.05) is 41.6 Å². The predicted molar refractivity (Wildman–Crippen MR) is 104 cm³/mol. The summed E-state index contributed by atoms with van der Waals surface area (Å²) in [5.41, 5.74) is 2.97. The number of thioether (sulfide) groups is 1. The summed E-state index contributed by atoms with van der Waals surface area (Å²) in [5, 5.41) is 7.98. The number of amides is 1. The molecule has 3 aliphatic rings. The average molecular weight is 390 g/mol. The molecule has 0 bridgehead atoms. The van der Waals surface area contributed by atoms with E-state index in [9.17, 15) is 4.79 Å². The molecule has 8 unspecified atom stereocenters. The zero-order valence-electron chi connectivity index (χ0n) is 15.5. The Morgan fingerprint density at radius 3 is 2.68 bits per heavy atom. The highest BCUT2D eigenvalue weighted by Crippen LogP contribution is 2.40. The molecule has 8 atom stereocenters. The molecule has 1 saturated carbocycles. The molecule has 1 aliphatic carbocycles. The Balaban J connectivity index is 1.44. The number of carbonyl (C=O) groups is 1. The van der Waals surface area contributed by atoms with Gasteiger partial charge in [0.25, 0.3) is 0 Å². The third-order valence-electron chi connectivity index (χ3n) is 6.03. The first-order valence-corrected chi connectivity index (χ1v) is 11.1. The van der Waals surface area contributed by atoms with Crippen molar-refractivity contribution in [3.63, 3.8) is 0 Å². The molecule has 144 valence electrons. The van der Waals surface area contributed by atoms with Gasteiger partial charge in [-0.15, -0.1) is 23.4 Å². The van der Waals surface area contributed by atoms with Crippen LogP contribution in [0.3, 0.4) is 0 Å². The Kier molecular flexibility index (Phi) is 6.94. The summed E-state index contributed by atoms with van der Waals surface area (Å²) in [5.74, 6) is 0.908. The van der Waals surface area contributed by atoms with E-state index in [2.05, 4.69) is 30.0 Å². The number of halogens is 1. The lowest BCUT2D eigenvalue weighted by atomic mass is 9.88. The van der Waals surface area contributed by atoms with E-state index < -0.39 is 0 Å². The molecule has 0 aromatic heterocycles. The van der Waals surface area contributed by atoms with Crippen LogP contribution < -0.4 is 16.1 Å². The van der Waals surface area contributed by atoms with Crippen molar-refractivity contribution in [3.05, 3.63) is 0 Å². The van der Waals surface area contributed by atoms with E-state index in [0.29, 0.717) is 29.0 Å². The van der Waals surface area contributed by atoms with Gasteiger partial charge in [-0.05, 0) is 39.5 Å². The summed E-state index contributed by atoms with van der Waals surface area (Å²) >= 11 is 8.53. The monoisotopic (exact) mass is 389 g/mol. The quantitative estimate of drug-likeness (QED) is 0.631. The fourth-order valence-corrected chi connectivity index (χ4v) is 6.46. The molecule has 0 aromatic rings. The number of hydrogen-bond acceptors (Lipinski definition) is 5. The van der Waals surface area contributed by atoms with Gasteiger partial charge in [0.05, 0.1) is 11.5 Å². The summed E-state index contributed by atoms with van der Waals surface area (Å²) in [7, 11) is 0. The topological polar surface area (TPSA) is 62.4 Å². The third-order valence-corrected chi connectivity index (χ3v) is 8.28. The van der Waals surface area contributed by atoms with Gasteiger partial charge in [0.15, 0.2) is 0 Å². The summed E-state index contributed by atoms with van der Waals surface area (Å²) in [6.45, 7) is 7.02. The normalized spacial score (nSPS) is 44.8. The molecule has 3 fully saturated rings. The van der Waals surface area contributed by atoms with Gasteiger partial charge in [0.2, 0.25) is 5.91 Å². The van der Waals surface area contributed by atoms with Gasteiger partial charge in [0.1, 0.15) is 0 Å². The largest absolute Gasteiger partial charge is 0.355 e. The molecule has 5 nitrogen and oxygen atoms in total. The van der Waals surface area contributed by atoms with Crippen molar-refractivity contribution in [2.24, 2.45) is 11.8 Å². The van der Waals surface area contributed by atoms with Crippen molar-refractivity contribution >= 4 is 29.3 Å². The van der Waals surface area contributed by atoms with E-state index >= 15 is 0 Å². The number of rotatable bonds is 5. The van der Waals surface area contributed by atoms with Crippen LogP contribution in [0.1, 0.15) is 52.9 Å². The van der Waals surface area contributed by atoms with Crippen LogP contribution in [0.25, 0.3) is 0 Å². The maximum Gasteiger partial charge on any atom is 0.220 e. The van der Waals surface area contributed by atoms with Crippen LogP contribution >= 0.6 is 23.4 Å². The molecule has 0 aromatic carbocycles. The molecule has 1 amide bonds. The molecule has 7 heteroatoms. The number of hydrogen-bond donors (Lipinski definition) is 3. The maximum absolute atomic E-state index is 12.3. The Morgan fingerprint density at radius 2 is 2.00 bits per heavy atom. The lowest BCUT2D eigenvalue weighted by molar-refractivity contribution is -0.122. The average Bonchev–Trinajstić information content (AvgIpc) is 3.10. The van der Waals surface area contributed by atoms with Crippen molar-refractivity contribution in [2.75, 3.05) is 6.54 Å². The second-order valence-corrected chi connectivity index (χ2v) is 9.86. The molecule has 2 saturated heterocycles. The van der Waals surface area contributed by atoms with Crippen LogP contribution in [0.5, 0.6) is 0 Å². The lowest BCUT2D eigenvalue weighted by Gasteiger charge is -2.31. The van der Waals surface area contributed by atoms with E-state index in [1.54, 1.807) is 0 Å². The van der Waals surface area contributed by atoms with E-state index in [1.807, 2.05) is 18.7 Å². The molecule has 0 spiro atoms. The second kappa shape index (κ2) is 8.79. The van der Waals surface area contributed by atoms with Crippen LogP contribution in [0.4, 0.5) is 0 Å². The summed E-state index contributed by atoms with van der Waals surface area (Å²) in [6.07, 6.45) is 5.50. The van der Waals surface area contributed by atoms with Gasteiger partial charge < -0.3 is 10.6 Å². The molecule has 2 heterocycles. The fraction of sp³-hybridized carbons (Fsp3) is 0.944. The van der Waals surface area contributed by atoms with Crippen LogP contribution in [0.2, 0.25) is 0 Å². The number of hydroxylamine groups is 1. The van der Waals surface area contributed by atoms with Crippen molar-refractivity contribution in [2.45, 2.75) is 87.1 Å². The molecule has 2 aliphatic heterocycles. The molecule has 3 rings (SSSR count). The molecular formula is C18H32ClN3O2S. The number of nitrogens with one attached hydrogen (secondary N) is 3. The predicted octanol–water partition coefficient (Wildman–Crippen LogP) is 2.64. The summed E-state index contributed by atoms with van der Waals surface area (Å²) < 4.78 is 0. The van der Waals surface area contributed by atoms with Gasteiger partial charge in [-0.3, -0.25) is 9.63 Å². The number of carbonyl (C=O) groups excluding carboxylic acids is 1. The van der Waals surface area contributed by atoms with Gasteiger partial charge in [-0.2, -0.15) is 5.48 Å². The first-order valence-electron chi connectivity index (χ1n) is 9.69. The minimum Gasteiger partial charge on any atom is -0.355 e. The second-order valence-electron chi connectivity index (χ2n) is 7.92. The highest BCUT2D eigenvalue weighted by molar-refractivity contribution is 8.00. The Labute approximate surface area is 160 Å². The standard InChI is InChI=1S/C18H32ClN3O2S/c1-10-14(12(3)24-22-10)8-17(23)20-9-16-11(2)21-18(25-16)13-6-4-5-7-15(13)19/h10-16,18,21-22H,4-9H2,1-3H3,(H,20,23). The van der Waals surface area contributed by atoms with Crippen LogP contribution in [0, 0.1) is 11.8 Å². The zero-order chi connectivity index (χ0) is 18.0. The van der Waals surface area contributed by atoms with Gasteiger partial charge in [-0.25, -0.2) is 0 Å². The van der Waals surface area contributed by atoms with E-state index in [0.717, 1.165) is 13.0 Å². The smallest absolute Gasteiger partial charge is 0.220 e. The SMILES string of the molecule is CC1NC(C2CCCCC2Cl)SC1CNC(=O)CC1C(C)NOC1C. The van der Waals surface area contributed by atoms with Crippen LogP contribution in [0.15, 0.2) is 0 Å². The third kappa shape index (κ3) is 4.83. The molecule has 3 N–H and O–H groups in total. The van der Waals surface area contributed by atoms with E-state index in [-0.39, 0.29) is 29.3 Å². The molecular weight excluding hydrogens is 358 g/mol. The minimum absolute atomic E-state index is 0.0820. The molecule has 0 radical (unpaired) electrons. The Morgan fingerprint density at radius 1 is 1.24 bits per heavy atom. The number of alkyl halides is 1. The first-order chi connectivity index (χ1) is 12.0. The fourth-order valence-electron chi connectivity index (χ4n) is 4.26. The van der Waals surface area contributed by atoms with Crippen molar-refractivity contribution in [1.29, 1.82) is 0 Å². The Hall–Kier alpha value is -0.0100. The van der Waals surface area contributed by atoms with Gasteiger partial charge in [-0.1, -0.05) is 12.8 Å². The highest BCUT2D eigenvalue weighted by atomic mass is 35.5.